The zero-order valence-electron chi connectivity index (χ0n) is 17.5. The van der Waals surface area contributed by atoms with Crippen molar-refractivity contribution in [2.45, 2.75) is 26.9 Å². The molecule has 0 bridgehead atoms. The first-order chi connectivity index (χ1) is 14.6. The average molecular weight is 406 g/mol. The summed E-state index contributed by atoms with van der Waals surface area (Å²) in [6, 6.07) is 15.5. The van der Waals surface area contributed by atoms with Crippen molar-refractivity contribution in [3.8, 4) is 11.5 Å². The van der Waals surface area contributed by atoms with Gasteiger partial charge in [0.25, 0.3) is 5.91 Å². The van der Waals surface area contributed by atoms with Crippen LogP contribution in [0.5, 0.6) is 0 Å². The van der Waals surface area contributed by atoms with Crippen molar-refractivity contribution in [3.05, 3.63) is 77.2 Å². The molecule has 0 saturated heterocycles. The molecule has 0 spiro atoms. The summed E-state index contributed by atoms with van der Waals surface area (Å²) in [6.07, 6.45) is 1.66. The van der Waals surface area contributed by atoms with Gasteiger partial charge < -0.3 is 20.4 Å². The van der Waals surface area contributed by atoms with Gasteiger partial charge in [-0.05, 0) is 43.7 Å². The van der Waals surface area contributed by atoms with Crippen LogP contribution in [0.4, 0.5) is 0 Å². The third-order valence-electron chi connectivity index (χ3n) is 4.49. The van der Waals surface area contributed by atoms with Crippen molar-refractivity contribution in [1.29, 1.82) is 0 Å². The number of carbonyl (C=O) groups is 1. The fourth-order valence-electron chi connectivity index (χ4n) is 2.81. The van der Waals surface area contributed by atoms with Crippen LogP contribution in [0.1, 0.15) is 34.1 Å². The van der Waals surface area contributed by atoms with Crippen LogP contribution in [-0.2, 0) is 13.1 Å². The Kier molecular flexibility index (Phi) is 7.21. The monoisotopic (exact) mass is 405 g/mol. The lowest BCUT2D eigenvalue weighted by Gasteiger charge is -2.10. The molecule has 0 fully saturated rings. The lowest BCUT2D eigenvalue weighted by Crippen LogP contribution is -2.36. The number of nitrogens with one attached hydrogen (secondary N) is 3. The van der Waals surface area contributed by atoms with E-state index in [0.29, 0.717) is 30.5 Å². The molecule has 0 aliphatic carbocycles. The third-order valence-corrected chi connectivity index (χ3v) is 4.49. The maximum Gasteiger partial charge on any atom is 0.251 e. The van der Waals surface area contributed by atoms with Crippen molar-refractivity contribution in [2.75, 3.05) is 13.6 Å². The predicted molar refractivity (Wildman–Crippen MR) is 118 cm³/mol. The van der Waals surface area contributed by atoms with Crippen molar-refractivity contribution in [2.24, 2.45) is 4.99 Å². The second-order valence-corrected chi connectivity index (χ2v) is 6.83. The molecule has 3 rings (SSSR count). The van der Waals surface area contributed by atoms with E-state index in [0.717, 1.165) is 23.4 Å². The summed E-state index contributed by atoms with van der Waals surface area (Å²) < 4.78 is 5.61. The van der Waals surface area contributed by atoms with Crippen molar-refractivity contribution < 1.29 is 9.21 Å². The van der Waals surface area contributed by atoms with Crippen molar-refractivity contribution in [3.63, 3.8) is 0 Å². The van der Waals surface area contributed by atoms with Crippen LogP contribution in [0.3, 0.4) is 0 Å². The maximum atomic E-state index is 11.6. The molecule has 7 nitrogen and oxygen atoms in total. The van der Waals surface area contributed by atoms with E-state index < -0.39 is 0 Å². The number of benzene rings is 2. The maximum absolute atomic E-state index is 11.6. The zero-order valence-corrected chi connectivity index (χ0v) is 17.5. The SMILES string of the molecule is CCNC(=NCc1ccc(C(=O)NC)cc1)NCc1coc(-c2ccc(C)cc2)n1. The Bertz CT molecular complexity index is 991. The number of guanidine groups is 1. The highest BCUT2D eigenvalue weighted by Crippen LogP contribution is 2.19. The average Bonchev–Trinajstić information content (AvgIpc) is 3.25. The Hall–Kier alpha value is -3.61. The number of rotatable bonds is 7. The van der Waals surface area contributed by atoms with Gasteiger partial charge in [-0.15, -0.1) is 0 Å². The lowest BCUT2D eigenvalue weighted by atomic mass is 10.1. The number of aryl methyl sites for hydroxylation is 1. The molecular formula is C23H27N5O2. The van der Waals surface area contributed by atoms with E-state index in [1.165, 1.54) is 5.56 Å². The van der Waals surface area contributed by atoms with E-state index in [9.17, 15) is 4.79 Å². The van der Waals surface area contributed by atoms with Gasteiger partial charge in [0.1, 0.15) is 6.26 Å². The molecule has 0 radical (unpaired) electrons. The van der Waals surface area contributed by atoms with Gasteiger partial charge >= 0.3 is 0 Å². The molecule has 1 aromatic heterocycles. The molecule has 156 valence electrons. The molecule has 2 aromatic carbocycles. The predicted octanol–water partition coefficient (Wildman–Crippen LogP) is 3.26. The Labute approximate surface area is 176 Å². The highest BCUT2D eigenvalue weighted by molar-refractivity contribution is 5.93. The zero-order chi connectivity index (χ0) is 21.3. The van der Waals surface area contributed by atoms with Gasteiger partial charge in [0.05, 0.1) is 18.8 Å². The number of hydrogen-bond acceptors (Lipinski definition) is 4. The van der Waals surface area contributed by atoms with E-state index >= 15 is 0 Å². The molecule has 0 saturated carbocycles. The molecule has 1 heterocycles. The van der Waals surface area contributed by atoms with Crippen LogP contribution < -0.4 is 16.0 Å². The quantitative estimate of drug-likeness (QED) is 0.415. The van der Waals surface area contributed by atoms with Gasteiger partial charge in [0, 0.05) is 24.7 Å². The smallest absolute Gasteiger partial charge is 0.251 e. The number of aliphatic imine (C=N–C) groups is 1. The molecule has 0 aliphatic rings. The fraction of sp³-hybridized carbons (Fsp3) is 0.261. The summed E-state index contributed by atoms with van der Waals surface area (Å²) in [5.41, 5.74) is 4.59. The largest absolute Gasteiger partial charge is 0.444 e. The normalized spacial score (nSPS) is 11.2. The molecule has 7 heteroatoms. The number of oxazole rings is 1. The summed E-state index contributed by atoms with van der Waals surface area (Å²) in [5, 5.41) is 9.11. The van der Waals surface area contributed by atoms with Crippen LogP contribution in [0, 0.1) is 6.92 Å². The highest BCUT2D eigenvalue weighted by atomic mass is 16.3. The number of amides is 1. The molecule has 0 unspecified atom stereocenters. The molecule has 0 aliphatic heterocycles. The minimum Gasteiger partial charge on any atom is -0.444 e. The van der Waals surface area contributed by atoms with E-state index in [1.807, 2.05) is 50.2 Å². The number of hydrogen-bond donors (Lipinski definition) is 3. The Morgan fingerprint density at radius 2 is 1.80 bits per heavy atom. The standard InChI is InChI=1S/C23H27N5O2/c1-4-25-23(26-13-17-7-11-18(12-8-17)21(29)24-3)27-14-20-15-30-22(28-20)19-9-5-16(2)6-10-19/h5-12,15H,4,13-14H2,1-3H3,(H,24,29)(H2,25,26,27). The van der Waals surface area contributed by atoms with Crippen LogP contribution >= 0.6 is 0 Å². The topological polar surface area (TPSA) is 91.5 Å². The summed E-state index contributed by atoms with van der Waals surface area (Å²) in [4.78, 5) is 20.8. The van der Waals surface area contributed by atoms with Crippen LogP contribution in [0.15, 0.2) is 64.2 Å². The van der Waals surface area contributed by atoms with E-state index in [-0.39, 0.29) is 5.91 Å². The van der Waals surface area contributed by atoms with Crippen LogP contribution in [0.2, 0.25) is 0 Å². The first kappa shape index (κ1) is 21.1. The molecule has 0 atom stereocenters. The van der Waals surface area contributed by atoms with E-state index in [1.54, 1.807) is 25.4 Å². The molecular weight excluding hydrogens is 378 g/mol. The van der Waals surface area contributed by atoms with Gasteiger partial charge in [-0.1, -0.05) is 29.8 Å². The lowest BCUT2D eigenvalue weighted by molar-refractivity contribution is 0.0963. The first-order valence-corrected chi connectivity index (χ1v) is 9.93. The Morgan fingerprint density at radius 3 is 2.47 bits per heavy atom. The number of carbonyl (C=O) groups excluding carboxylic acids is 1. The molecule has 3 aromatic rings. The summed E-state index contributed by atoms with van der Waals surface area (Å²) in [7, 11) is 1.62. The van der Waals surface area contributed by atoms with Gasteiger partial charge in [-0.3, -0.25) is 4.79 Å². The fourth-order valence-corrected chi connectivity index (χ4v) is 2.81. The second-order valence-electron chi connectivity index (χ2n) is 6.83. The van der Waals surface area contributed by atoms with Gasteiger partial charge in [0.15, 0.2) is 5.96 Å². The molecule has 30 heavy (non-hydrogen) atoms. The minimum atomic E-state index is -0.0994. The second kappa shape index (κ2) is 10.2. The summed E-state index contributed by atoms with van der Waals surface area (Å²) >= 11 is 0. The van der Waals surface area contributed by atoms with Crippen molar-refractivity contribution in [1.82, 2.24) is 20.9 Å². The van der Waals surface area contributed by atoms with E-state index in [2.05, 4.69) is 25.9 Å². The Morgan fingerprint density at radius 1 is 1.07 bits per heavy atom. The third kappa shape index (κ3) is 5.70. The summed E-state index contributed by atoms with van der Waals surface area (Å²) in [5.74, 6) is 1.19. The summed E-state index contributed by atoms with van der Waals surface area (Å²) in [6.45, 7) is 5.80. The van der Waals surface area contributed by atoms with Gasteiger partial charge in [-0.2, -0.15) is 0 Å². The number of aromatic nitrogens is 1. The van der Waals surface area contributed by atoms with Crippen LogP contribution in [-0.4, -0.2) is 30.4 Å². The minimum absolute atomic E-state index is 0.0994. The first-order valence-electron chi connectivity index (χ1n) is 9.93. The molecule has 3 N–H and O–H groups in total. The number of nitrogens with zero attached hydrogens (tertiary/aromatic N) is 2. The Balaban J connectivity index is 1.60. The van der Waals surface area contributed by atoms with E-state index in [4.69, 9.17) is 4.42 Å². The highest BCUT2D eigenvalue weighted by Gasteiger charge is 2.08. The van der Waals surface area contributed by atoms with Crippen molar-refractivity contribution >= 4 is 11.9 Å². The van der Waals surface area contributed by atoms with Gasteiger partial charge in [0.2, 0.25) is 5.89 Å². The molecule has 1 amide bonds. The van der Waals surface area contributed by atoms with Crippen LogP contribution in [0.25, 0.3) is 11.5 Å². The van der Waals surface area contributed by atoms with Gasteiger partial charge in [-0.25, -0.2) is 9.98 Å².